The van der Waals surface area contributed by atoms with Crippen molar-refractivity contribution in [3.8, 4) is 10.4 Å². The van der Waals surface area contributed by atoms with Gasteiger partial charge in [-0.25, -0.2) is 4.79 Å². The minimum atomic E-state index is -0.649. The monoisotopic (exact) mass is 494 g/mol. The second kappa shape index (κ2) is 12.5. The maximum atomic E-state index is 12.5. The number of hydrogen-bond donors (Lipinski definition) is 2. The van der Waals surface area contributed by atoms with Crippen LogP contribution in [0.1, 0.15) is 41.5 Å². The van der Waals surface area contributed by atoms with E-state index in [0.29, 0.717) is 0 Å². The summed E-state index contributed by atoms with van der Waals surface area (Å²) in [5, 5.41) is 5.35. The lowest BCUT2D eigenvalue weighted by molar-refractivity contribution is -0.148. The molecule has 1 atom stereocenters. The summed E-state index contributed by atoms with van der Waals surface area (Å²) in [6, 6.07) is 19.5. The molecule has 1 heterocycles. The van der Waals surface area contributed by atoms with Crippen LogP contribution in [0, 0.1) is 0 Å². The van der Waals surface area contributed by atoms with E-state index in [-0.39, 0.29) is 29.5 Å². The van der Waals surface area contributed by atoms with Gasteiger partial charge in [-0.05, 0) is 24.1 Å². The molecule has 0 bridgehead atoms. The van der Waals surface area contributed by atoms with Crippen LogP contribution in [0.25, 0.3) is 10.4 Å². The lowest BCUT2D eigenvalue weighted by Crippen LogP contribution is -2.29. The molecule has 2 N–H and O–H groups in total. The van der Waals surface area contributed by atoms with Gasteiger partial charge in [-0.15, -0.1) is 11.3 Å². The van der Waals surface area contributed by atoms with E-state index < -0.39 is 30.5 Å². The molecule has 1 aromatic heterocycles. The molecule has 0 aliphatic heterocycles. The largest absolute Gasteiger partial charge is 0.462 e. The number of thiophene rings is 1. The van der Waals surface area contributed by atoms with Gasteiger partial charge in [0.05, 0.1) is 24.8 Å². The van der Waals surface area contributed by atoms with Crippen molar-refractivity contribution in [2.75, 3.05) is 18.5 Å². The number of amides is 2. The van der Waals surface area contributed by atoms with Crippen molar-refractivity contribution in [3.63, 3.8) is 0 Å². The summed E-state index contributed by atoms with van der Waals surface area (Å²) in [5.41, 5.74) is 1.92. The quantitative estimate of drug-likeness (QED) is 0.406. The smallest absolute Gasteiger partial charge is 0.350 e. The fourth-order valence-corrected chi connectivity index (χ4v) is 4.33. The van der Waals surface area contributed by atoms with Gasteiger partial charge in [-0.3, -0.25) is 14.4 Å². The van der Waals surface area contributed by atoms with Gasteiger partial charge >= 0.3 is 11.9 Å². The van der Waals surface area contributed by atoms with Crippen molar-refractivity contribution >= 4 is 40.8 Å². The van der Waals surface area contributed by atoms with Gasteiger partial charge in [0.1, 0.15) is 4.88 Å². The number of nitrogens with one attached hydrogen (secondary N) is 2. The number of hydrogen-bond acceptors (Lipinski definition) is 7. The highest BCUT2D eigenvalue weighted by atomic mass is 32.1. The van der Waals surface area contributed by atoms with E-state index in [9.17, 15) is 19.2 Å². The highest BCUT2D eigenvalue weighted by Gasteiger charge is 2.22. The van der Waals surface area contributed by atoms with E-state index in [2.05, 4.69) is 10.6 Å². The minimum absolute atomic E-state index is 0.137. The fourth-order valence-electron chi connectivity index (χ4n) is 3.32. The number of carbonyl (C=O) groups is 4. The summed E-state index contributed by atoms with van der Waals surface area (Å²) in [7, 11) is 0. The van der Waals surface area contributed by atoms with Crippen LogP contribution in [-0.4, -0.2) is 37.0 Å². The van der Waals surface area contributed by atoms with E-state index in [1.807, 2.05) is 36.4 Å². The molecule has 0 saturated carbocycles. The average molecular weight is 495 g/mol. The Bertz CT molecular complexity index is 1180. The van der Waals surface area contributed by atoms with Crippen LogP contribution in [0.15, 0.2) is 66.7 Å². The normalized spacial score (nSPS) is 11.3. The SMILES string of the molecule is CCOC(=O)c1sc(-c2ccccc2)cc1NC(=O)COC(=O)C[C@@H](NC(C)=O)c1ccccc1. The zero-order chi connectivity index (χ0) is 25.2. The van der Waals surface area contributed by atoms with Crippen molar-refractivity contribution in [2.24, 2.45) is 0 Å². The molecule has 0 spiro atoms. The van der Waals surface area contributed by atoms with Crippen LogP contribution in [0.3, 0.4) is 0 Å². The van der Waals surface area contributed by atoms with Crippen molar-refractivity contribution in [2.45, 2.75) is 26.3 Å². The number of anilines is 1. The first-order valence-electron chi connectivity index (χ1n) is 11.0. The molecule has 35 heavy (non-hydrogen) atoms. The molecule has 0 radical (unpaired) electrons. The molecular formula is C26H26N2O6S. The molecule has 0 unspecified atom stereocenters. The Labute approximate surface area is 207 Å². The van der Waals surface area contributed by atoms with Crippen molar-refractivity contribution < 1.29 is 28.7 Å². The molecule has 3 rings (SSSR count). The molecular weight excluding hydrogens is 468 g/mol. The van der Waals surface area contributed by atoms with Gasteiger partial charge in [0, 0.05) is 11.8 Å². The Kier molecular flexibility index (Phi) is 9.14. The minimum Gasteiger partial charge on any atom is -0.462 e. The Hall–Kier alpha value is -3.98. The zero-order valence-electron chi connectivity index (χ0n) is 19.4. The topological polar surface area (TPSA) is 111 Å². The molecule has 9 heteroatoms. The van der Waals surface area contributed by atoms with Crippen molar-refractivity contribution in [1.29, 1.82) is 0 Å². The van der Waals surface area contributed by atoms with Crippen LogP contribution < -0.4 is 10.6 Å². The summed E-state index contributed by atoms with van der Waals surface area (Å²) in [6.07, 6.45) is -0.137. The van der Waals surface area contributed by atoms with Gasteiger partial charge in [-0.1, -0.05) is 60.7 Å². The molecule has 8 nitrogen and oxygen atoms in total. The average Bonchev–Trinajstić information content (AvgIpc) is 3.27. The molecule has 2 amide bonds. The first-order valence-corrected chi connectivity index (χ1v) is 11.8. The predicted octanol–water partition coefficient (Wildman–Crippen LogP) is 4.34. The number of rotatable bonds is 10. The molecule has 0 saturated heterocycles. The van der Waals surface area contributed by atoms with E-state index in [4.69, 9.17) is 9.47 Å². The lowest BCUT2D eigenvalue weighted by Gasteiger charge is -2.17. The van der Waals surface area contributed by atoms with E-state index >= 15 is 0 Å². The maximum Gasteiger partial charge on any atom is 0.350 e. The number of carbonyl (C=O) groups excluding carboxylic acids is 4. The summed E-state index contributed by atoms with van der Waals surface area (Å²) in [4.78, 5) is 49.9. The van der Waals surface area contributed by atoms with Crippen LogP contribution in [0.4, 0.5) is 5.69 Å². The first-order chi connectivity index (χ1) is 16.9. The van der Waals surface area contributed by atoms with E-state index in [1.165, 1.54) is 18.3 Å². The summed E-state index contributed by atoms with van der Waals surface area (Å²) < 4.78 is 10.2. The highest BCUT2D eigenvalue weighted by molar-refractivity contribution is 7.18. The second-order valence-electron chi connectivity index (χ2n) is 7.52. The van der Waals surface area contributed by atoms with Crippen LogP contribution in [-0.2, 0) is 23.9 Å². The number of esters is 2. The molecule has 0 aliphatic rings. The zero-order valence-corrected chi connectivity index (χ0v) is 20.2. The molecule has 3 aromatic rings. The van der Waals surface area contributed by atoms with Gasteiger partial charge in [-0.2, -0.15) is 0 Å². The first kappa shape index (κ1) is 25.6. The highest BCUT2D eigenvalue weighted by Crippen LogP contribution is 2.35. The third-order valence-corrected chi connectivity index (χ3v) is 6.00. The van der Waals surface area contributed by atoms with Crippen LogP contribution in [0.5, 0.6) is 0 Å². The summed E-state index contributed by atoms with van der Waals surface area (Å²) in [6.45, 7) is 2.71. The van der Waals surface area contributed by atoms with E-state index in [1.54, 1.807) is 37.3 Å². The van der Waals surface area contributed by atoms with Crippen LogP contribution >= 0.6 is 11.3 Å². The summed E-state index contributed by atoms with van der Waals surface area (Å²) >= 11 is 1.20. The standard InChI is InChI=1S/C26H26N2O6S/c1-3-33-26(32)25-21(14-22(35-25)19-12-8-5-9-13-19)28-23(30)16-34-24(31)15-20(27-17(2)29)18-10-6-4-7-11-18/h4-14,20H,3,15-16H2,1-2H3,(H,27,29)(H,28,30)/t20-/m1/s1. The molecule has 2 aromatic carbocycles. The van der Waals surface area contributed by atoms with E-state index in [0.717, 1.165) is 16.0 Å². The third-order valence-electron chi connectivity index (χ3n) is 4.84. The molecule has 0 aliphatic carbocycles. The predicted molar refractivity (Wildman–Crippen MR) is 133 cm³/mol. The van der Waals surface area contributed by atoms with Gasteiger partial charge in [0.25, 0.3) is 5.91 Å². The Balaban J connectivity index is 1.65. The molecule has 0 fully saturated rings. The maximum absolute atomic E-state index is 12.5. The Morgan fingerprint density at radius 2 is 1.60 bits per heavy atom. The Morgan fingerprint density at radius 1 is 0.943 bits per heavy atom. The van der Waals surface area contributed by atoms with Crippen molar-refractivity contribution in [3.05, 3.63) is 77.2 Å². The van der Waals surface area contributed by atoms with Gasteiger partial charge in [0.15, 0.2) is 6.61 Å². The second-order valence-corrected chi connectivity index (χ2v) is 8.57. The number of ether oxygens (including phenoxy) is 2. The van der Waals surface area contributed by atoms with Crippen molar-refractivity contribution in [1.82, 2.24) is 5.32 Å². The molecule has 182 valence electrons. The summed E-state index contributed by atoms with van der Waals surface area (Å²) in [5.74, 6) is -2.09. The lowest BCUT2D eigenvalue weighted by atomic mass is 10.0. The fraction of sp³-hybridized carbons (Fsp3) is 0.231. The Morgan fingerprint density at radius 3 is 2.23 bits per heavy atom. The van der Waals surface area contributed by atoms with Gasteiger partial charge < -0.3 is 20.1 Å². The van der Waals surface area contributed by atoms with Gasteiger partial charge in [0.2, 0.25) is 5.91 Å². The third kappa shape index (κ3) is 7.51. The number of benzene rings is 2. The van der Waals surface area contributed by atoms with Crippen LogP contribution in [0.2, 0.25) is 0 Å².